The van der Waals surface area contributed by atoms with Crippen LogP contribution in [0.5, 0.6) is 11.5 Å². The van der Waals surface area contributed by atoms with Gasteiger partial charge in [-0.05, 0) is 31.2 Å². The Morgan fingerprint density at radius 1 is 0.964 bits per heavy atom. The quantitative estimate of drug-likeness (QED) is 0.783. The highest BCUT2D eigenvalue weighted by molar-refractivity contribution is 6.10. The largest absolute Gasteiger partial charge is 0.454 e. The zero-order chi connectivity index (χ0) is 20.5. The van der Waals surface area contributed by atoms with Crippen molar-refractivity contribution in [2.45, 2.75) is 27.7 Å². The predicted octanol–water partition coefficient (Wildman–Crippen LogP) is 3.85. The summed E-state index contributed by atoms with van der Waals surface area (Å²) in [5.74, 6) is 0.161. The van der Waals surface area contributed by atoms with Crippen molar-refractivity contribution in [3.63, 3.8) is 0 Å². The molecule has 0 aromatic heterocycles. The van der Waals surface area contributed by atoms with Gasteiger partial charge in [0.2, 0.25) is 12.7 Å². The molecule has 0 bridgehead atoms. The van der Waals surface area contributed by atoms with E-state index in [4.69, 9.17) is 9.47 Å². The van der Waals surface area contributed by atoms with E-state index in [-0.39, 0.29) is 18.5 Å². The van der Waals surface area contributed by atoms with Crippen LogP contribution in [-0.2, 0) is 4.79 Å². The predicted molar refractivity (Wildman–Crippen MR) is 105 cm³/mol. The van der Waals surface area contributed by atoms with Gasteiger partial charge in [0.25, 0.3) is 5.91 Å². The molecule has 0 spiro atoms. The van der Waals surface area contributed by atoms with Crippen molar-refractivity contribution in [3.05, 3.63) is 47.5 Å². The normalized spacial score (nSPS) is 12.4. The van der Waals surface area contributed by atoms with Crippen molar-refractivity contribution in [2.24, 2.45) is 5.41 Å². The molecule has 7 heteroatoms. The number of rotatable bonds is 4. The molecule has 3 rings (SSSR count). The molecular formula is C21H22N2O5. The van der Waals surface area contributed by atoms with E-state index in [0.717, 1.165) is 0 Å². The summed E-state index contributed by atoms with van der Waals surface area (Å²) >= 11 is 0. The van der Waals surface area contributed by atoms with Gasteiger partial charge >= 0.3 is 0 Å². The summed E-state index contributed by atoms with van der Waals surface area (Å²) in [6, 6.07) is 9.73. The lowest BCUT2D eigenvalue weighted by molar-refractivity contribution is -0.123. The molecule has 1 aliphatic heterocycles. The molecule has 0 radical (unpaired) electrons. The van der Waals surface area contributed by atoms with Crippen molar-refractivity contribution >= 4 is 29.0 Å². The number of fused-ring (bicyclic) bond motifs is 1. The van der Waals surface area contributed by atoms with Crippen LogP contribution in [-0.4, -0.2) is 24.4 Å². The first-order valence-electron chi connectivity index (χ1n) is 8.82. The Labute approximate surface area is 163 Å². The van der Waals surface area contributed by atoms with E-state index in [1.165, 1.54) is 6.92 Å². The second-order valence-electron chi connectivity index (χ2n) is 7.55. The summed E-state index contributed by atoms with van der Waals surface area (Å²) in [6.45, 7) is 6.90. The van der Waals surface area contributed by atoms with Gasteiger partial charge in [0.05, 0.1) is 5.69 Å². The fourth-order valence-corrected chi connectivity index (χ4v) is 2.59. The molecule has 2 aromatic rings. The highest BCUT2D eigenvalue weighted by Crippen LogP contribution is 2.37. The van der Waals surface area contributed by atoms with Crippen LogP contribution in [0.25, 0.3) is 0 Å². The lowest BCUT2D eigenvalue weighted by Gasteiger charge is -2.18. The van der Waals surface area contributed by atoms with Crippen molar-refractivity contribution < 1.29 is 23.9 Å². The summed E-state index contributed by atoms with van der Waals surface area (Å²) in [5.41, 5.74) is 0.978. The Bertz CT molecular complexity index is 960. The van der Waals surface area contributed by atoms with E-state index in [1.54, 1.807) is 36.4 Å². The molecule has 0 saturated carbocycles. The summed E-state index contributed by atoms with van der Waals surface area (Å²) in [4.78, 5) is 36.8. The highest BCUT2D eigenvalue weighted by Gasteiger charge is 2.22. The van der Waals surface area contributed by atoms with Crippen molar-refractivity contribution in [1.29, 1.82) is 0 Å². The fraction of sp³-hybridized carbons (Fsp3) is 0.286. The maximum absolute atomic E-state index is 12.7. The Morgan fingerprint density at radius 3 is 2.29 bits per heavy atom. The smallest absolute Gasteiger partial charge is 0.255 e. The molecule has 0 unspecified atom stereocenters. The second kappa shape index (κ2) is 7.34. The van der Waals surface area contributed by atoms with Gasteiger partial charge in [0.15, 0.2) is 17.3 Å². The molecule has 0 aliphatic carbocycles. The maximum Gasteiger partial charge on any atom is 0.255 e. The number of hydrogen-bond acceptors (Lipinski definition) is 5. The average molecular weight is 382 g/mol. The van der Waals surface area contributed by atoms with Crippen molar-refractivity contribution in [2.75, 3.05) is 17.4 Å². The van der Waals surface area contributed by atoms with Crippen LogP contribution in [0, 0.1) is 5.41 Å². The Balaban J connectivity index is 1.83. The SMILES string of the molecule is CC(=O)c1cc2c(cc1NC(=O)c1cccc(NC(=O)C(C)(C)C)c1)OCO2. The minimum atomic E-state index is -0.554. The first-order valence-corrected chi connectivity index (χ1v) is 8.82. The number of amides is 2. The third-order valence-corrected chi connectivity index (χ3v) is 4.20. The summed E-state index contributed by atoms with van der Waals surface area (Å²) in [7, 11) is 0. The molecule has 2 N–H and O–H groups in total. The minimum Gasteiger partial charge on any atom is -0.454 e. The van der Waals surface area contributed by atoms with E-state index in [1.807, 2.05) is 20.8 Å². The third-order valence-electron chi connectivity index (χ3n) is 4.20. The summed E-state index contributed by atoms with van der Waals surface area (Å²) in [6.07, 6.45) is 0. The van der Waals surface area contributed by atoms with Crippen LogP contribution >= 0.6 is 0 Å². The van der Waals surface area contributed by atoms with Crippen LogP contribution < -0.4 is 20.1 Å². The van der Waals surface area contributed by atoms with Gasteiger partial charge in [-0.1, -0.05) is 26.8 Å². The van der Waals surface area contributed by atoms with Gasteiger partial charge in [-0.2, -0.15) is 0 Å². The lowest BCUT2D eigenvalue weighted by atomic mass is 9.95. The van der Waals surface area contributed by atoms with Crippen LogP contribution in [0.15, 0.2) is 36.4 Å². The first kappa shape index (κ1) is 19.4. The number of anilines is 2. The van der Waals surface area contributed by atoms with Crippen LogP contribution in [0.1, 0.15) is 48.4 Å². The molecular weight excluding hydrogens is 360 g/mol. The zero-order valence-electron chi connectivity index (χ0n) is 16.2. The van der Waals surface area contributed by atoms with E-state index >= 15 is 0 Å². The summed E-state index contributed by atoms with van der Waals surface area (Å²) < 4.78 is 10.6. The number of carbonyl (C=O) groups excluding carboxylic acids is 3. The van der Waals surface area contributed by atoms with Gasteiger partial charge < -0.3 is 20.1 Å². The topological polar surface area (TPSA) is 93.7 Å². The van der Waals surface area contributed by atoms with Crippen LogP contribution in [0.2, 0.25) is 0 Å². The number of ether oxygens (including phenoxy) is 2. The molecule has 0 saturated heterocycles. The van der Waals surface area contributed by atoms with Gasteiger partial charge in [0.1, 0.15) is 0 Å². The molecule has 28 heavy (non-hydrogen) atoms. The molecule has 2 aromatic carbocycles. The maximum atomic E-state index is 12.7. The standard InChI is InChI=1S/C21H22N2O5/c1-12(24)15-9-17-18(28-11-27-17)10-16(15)23-19(25)13-6-5-7-14(8-13)22-20(26)21(2,3)4/h5-10H,11H2,1-4H3,(H,22,26)(H,23,25). The molecule has 0 fully saturated rings. The molecule has 1 aliphatic rings. The van der Waals surface area contributed by atoms with Gasteiger partial charge in [0, 0.05) is 28.3 Å². The highest BCUT2D eigenvalue weighted by atomic mass is 16.7. The van der Waals surface area contributed by atoms with Crippen molar-refractivity contribution in [1.82, 2.24) is 0 Å². The monoisotopic (exact) mass is 382 g/mol. The number of carbonyl (C=O) groups is 3. The minimum absolute atomic E-state index is 0.0690. The van der Waals surface area contributed by atoms with E-state index in [0.29, 0.717) is 34.0 Å². The zero-order valence-corrected chi connectivity index (χ0v) is 16.2. The molecule has 2 amide bonds. The molecule has 146 valence electrons. The van der Waals surface area contributed by atoms with Gasteiger partial charge in [-0.3, -0.25) is 14.4 Å². The molecule has 1 heterocycles. The molecule has 7 nitrogen and oxygen atoms in total. The summed E-state index contributed by atoms with van der Waals surface area (Å²) in [5, 5.41) is 5.54. The number of hydrogen-bond donors (Lipinski definition) is 2. The van der Waals surface area contributed by atoms with E-state index < -0.39 is 11.3 Å². The fourth-order valence-electron chi connectivity index (χ4n) is 2.59. The number of Topliss-reactive ketones (excluding diaryl/α,β-unsaturated/α-hetero) is 1. The van der Waals surface area contributed by atoms with E-state index in [9.17, 15) is 14.4 Å². The second-order valence-corrected chi connectivity index (χ2v) is 7.55. The van der Waals surface area contributed by atoms with Crippen LogP contribution in [0.3, 0.4) is 0 Å². The number of ketones is 1. The van der Waals surface area contributed by atoms with Gasteiger partial charge in [-0.25, -0.2) is 0 Å². The third kappa shape index (κ3) is 4.14. The van der Waals surface area contributed by atoms with Gasteiger partial charge in [-0.15, -0.1) is 0 Å². The lowest BCUT2D eigenvalue weighted by Crippen LogP contribution is -2.27. The Hall–Kier alpha value is -3.35. The molecule has 0 atom stereocenters. The average Bonchev–Trinajstić information content (AvgIpc) is 3.07. The first-order chi connectivity index (χ1) is 13.1. The number of benzene rings is 2. The Morgan fingerprint density at radius 2 is 1.64 bits per heavy atom. The Kier molecular flexibility index (Phi) is 5.09. The van der Waals surface area contributed by atoms with E-state index in [2.05, 4.69) is 10.6 Å². The number of nitrogens with one attached hydrogen (secondary N) is 2. The van der Waals surface area contributed by atoms with Crippen molar-refractivity contribution in [3.8, 4) is 11.5 Å². The van der Waals surface area contributed by atoms with Crippen LogP contribution in [0.4, 0.5) is 11.4 Å².